The van der Waals surface area contributed by atoms with E-state index in [1.54, 1.807) is 0 Å². The fraction of sp³-hybridized carbons (Fsp3) is 0.467. The number of benzene rings is 1. The highest BCUT2D eigenvalue weighted by atomic mass is 19.1. The lowest BCUT2D eigenvalue weighted by molar-refractivity contribution is -0.133. The van der Waals surface area contributed by atoms with Crippen molar-refractivity contribution in [1.29, 1.82) is 5.26 Å². The number of rotatable bonds is 4. The van der Waals surface area contributed by atoms with E-state index in [0.29, 0.717) is 30.7 Å². The van der Waals surface area contributed by atoms with Gasteiger partial charge in [-0.2, -0.15) is 5.26 Å². The van der Waals surface area contributed by atoms with Gasteiger partial charge in [0.25, 0.3) is 0 Å². The molecule has 0 bridgehead atoms. The van der Waals surface area contributed by atoms with Crippen LogP contribution in [0.5, 0.6) is 0 Å². The number of carbonyl (C=O) groups is 1. The molecule has 1 aromatic carbocycles. The molecule has 1 aliphatic carbocycles. The second kappa shape index (κ2) is 5.58. The molecule has 3 nitrogen and oxygen atoms in total. The van der Waals surface area contributed by atoms with Gasteiger partial charge < -0.3 is 5.32 Å². The standard InChI is InChI=1S/C15H16F2N2O/c1-10-7-15(8-10,9-18)14(20)19-3-2-11-4-12(16)6-13(17)5-11/h4-6,10H,2-3,7-8H2,1H3,(H,19,20). The van der Waals surface area contributed by atoms with Crippen molar-refractivity contribution in [1.82, 2.24) is 5.32 Å². The molecule has 0 radical (unpaired) electrons. The first-order valence-corrected chi connectivity index (χ1v) is 6.60. The maximum Gasteiger partial charge on any atom is 0.240 e. The van der Waals surface area contributed by atoms with Gasteiger partial charge in [-0.25, -0.2) is 8.78 Å². The molecular formula is C15H16F2N2O. The molecule has 1 aliphatic rings. The van der Waals surface area contributed by atoms with Gasteiger partial charge in [0.2, 0.25) is 5.91 Å². The van der Waals surface area contributed by atoms with Crippen molar-refractivity contribution in [3.63, 3.8) is 0 Å². The second-order valence-corrected chi connectivity index (χ2v) is 5.49. The van der Waals surface area contributed by atoms with Gasteiger partial charge >= 0.3 is 0 Å². The first kappa shape index (κ1) is 14.4. The zero-order chi connectivity index (χ0) is 14.8. The lowest BCUT2D eigenvalue weighted by atomic mass is 9.63. The minimum absolute atomic E-state index is 0.263. The molecule has 1 saturated carbocycles. The molecule has 0 atom stereocenters. The van der Waals surface area contributed by atoms with Crippen LogP contribution in [-0.4, -0.2) is 12.5 Å². The highest BCUT2D eigenvalue weighted by Gasteiger charge is 2.48. The summed E-state index contributed by atoms with van der Waals surface area (Å²) >= 11 is 0. The van der Waals surface area contributed by atoms with Crippen LogP contribution >= 0.6 is 0 Å². The van der Waals surface area contributed by atoms with Gasteiger partial charge in [0.05, 0.1) is 6.07 Å². The third-order valence-electron chi connectivity index (χ3n) is 3.66. The molecule has 5 heteroatoms. The second-order valence-electron chi connectivity index (χ2n) is 5.49. The van der Waals surface area contributed by atoms with Gasteiger partial charge in [-0.3, -0.25) is 4.79 Å². The molecule has 0 saturated heterocycles. The van der Waals surface area contributed by atoms with E-state index in [-0.39, 0.29) is 12.5 Å². The highest BCUT2D eigenvalue weighted by molar-refractivity contribution is 5.86. The number of hydrogen-bond donors (Lipinski definition) is 1. The summed E-state index contributed by atoms with van der Waals surface area (Å²) in [5, 5.41) is 11.8. The Bertz CT molecular complexity index is 539. The van der Waals surface area contributed by atoms with E-state index in [4.69, 9.17) is 5.26 Å². The number of nitriles is 1. The molecule has 0 spiro atoms. The Balaban J connectivity index is 1.87. The summed E-state index contributed by atoms with van der Waals surface area (Å²) in [5.41, 5.74) is -0.428. The summed E-state index contributed by atoms with van der Waals surface area (Å²) in [7, 11) is 0. The molecule has 1 N–H and O–H groups in total. The van der Waals surface area contributed by atoms with E-state index in [1.807, 2.05) is 6.92 Å². The molecule has 0 unspecified atom stereocenters. The van der Waals surface area contributed by atoms with Crippen LogP contribution in [0.2, 0.25) is 0 Å². The number of hydrogen-bond acceptors (Lipinski definition) is 2. The van der Waals surface area contributed by atoms with Gasteiger partial charge in [0.1, 0.15) is 17.0 Å². The zero-order valence-corrected chi connectivity index (χ0v) is 11.2. The van der Waals surface area contributed by atoms with E-state index < -0.39 is 17.0 Å². The molecule has 0 aromatic heterocycles. The van der Waals surface area contributed by atoms with Crippen LogP contribution in [0, 0.1) is 34.3 Å². The van der Waals surface area contributed by atoms with E-state index in [0.717, 1.165) is 6.07 Å². The molecule has 106 valence electrons. The fourth-order valence-electron chi connectivity index (χ4n) is 2.70. The van der Waals surface area contributed by atoms with Crippen LogP contribution in [0.4, 0.5) is 8.78 Å². The molecule has 20 heavy (non-hydrogen) atoms. The summed E-state index contributed by atoms with van der Waals surface area (Å²) < 4.78 is 26.0. The molecule has 0 aliphatic heterocycles. The third-order valence-corrected chi connectivity index (χ3v) is 3.66. The van der Waals surface area contributed by atoms with Crippen LogP contribution in [-0.2, 0) is 11.2 Å². The SMILES string of the molecule is CC1CC(C#N)(C(=O)NCCc2cc(F)cc(F)c2)C1. The summed E-state index contributed by atoms with van der Waals surface area (Å²) in [4.78, 5) is 12.0. The largest absolute Gasteiger partial charge is 0.354 e. The van der Waals surface area contributed by atoms with Crippen LogP contribution in [0.15, 0.2) is 18.2 Å². The van der Waals surface area contributed by atoms with Gasteiger partial charge in [0.15, 0.2) is 0 Å². The Morgan fingerprint density at radius 3 is 2.50 bits per heavy atom. The maximum atomic E-state index is 13.0. The molecule has 1 amide bonds. The van der Waals surface area contributed by atoms with E-state index in [1.165, 1.54) is 12.1 Å². The summed E-state index contributed by atoms with van der Waals surface area (Å²) in [6.45, 7) is 2.26. The van der Waals surface area contributed by atoms with Crippen molar-refractivity contribution in [2.24, 2.45) is 11.3 Å². The monoisotopic (exact) mass is 278 g/mol. The van der Waals surface area contributed by atoms with Crippen molar-refractivity contribution in [2.75, 3.05) is 6.54 Å². The third kappa shape index (κ3) is 2.96. The number of nitrogens with zero attached hydrogens (tertiary/aromatic N) is 1. The predicted octanol–water partition coefficient (Wildman–Crippen LogP) is 2.56. The number of carbonyl (C=O) groups excluding carboxylic acids is 1. The average Bonchev–Trinajstić information content (AvgIpc) is 2.33. The lowest BCUT2D eigenvalue weighted by Crippen LogP contribution is -2.48. The minimum Gasteiger partial charge on any atom is -0.354 e. The number of nitrogens with one attached hydrogen (secondary N) is 1. The van der Waals surface area contributed by atoms with Gasteiger partial charge in [-0.05, 0) is 42.9 Å². The van der Waals surface area contributed by atoms with Crippen LogP contribution in [0.25, 0.3) is 0 Å². The van der Waals surface area contributed by atoms with Crippen LogP contribution < -0.4 is 5.32 Å². The number of amides is 1. The van der Waals surface area contributed by atoms with Gasteiger partial charge in [0, 0.05) is 12.6 Å². The zero-order valence-electron chi connectivity index (χ0n) is 11.2. The maximum absolute atomic E-state index is 13.0. The minimum atomic E-state index is -0.910. The normalized spacial score (nSPS) is 24.6. The van der Waals surface area contributed by atoms with Gasteiger partial charge in [-0.15, -0.1) is 0 Å². The Morgan fingerprint density at radius 1 is 1.40 bits per heavy atom. The Labute approximate surface area is 116 Å². The smallest absolute Gasteiger partial charge is 0.240 e. The van der Waals surface area contributed by atoms with Crippen molar-refractivity contribution in [3.8, 4) is 6.07 Å². The number of halogens is 2. The van der Waals surface area contributed by atoms with E-state index in [9.17, 15) is 13.6 Å². The first-order chi connectivity index (χ1) is 9.45. The Hall–Kier alpha value is -1.96. The topological polar surface area (TPSA) is 52.9 Å². The van der Waals surface area contributed by atoms with Crippen LogP contribution in [0.3, 0.4) is 0 Å². The van der Waals surface area contributed by atoms with Crippen molar-refractivity contribution in [3.05, 3.63) is 35.4 Å². The predicted molar refractivity (Wildman–Crippen MR) is 69.5 cm³/mol. The van der Waals surface area contributed by atoms with Crippen molar-refractivity contribution < 1.29 is 13.6 Å². The quantitative estimate of drug-likeness (QED) is 0.920. The summed E-state index contributed by atoms with van der Waals surface area (Å²) in [6.07, 6.45) is 1.48. The molecule has 0 heterocycles. The Morgan fingerprint density at radius 2 is 2.00 bits per heavy atom. The summed E-state index contributed by atoms with van der Waals surface area (Å²) in [6, 6.07) is 5.36. The average molecular weight is 278 g/mol. The van der Waals surface area contributed by atoms with Crippen LogP contribution in [0.1, 0.15) is 25.3 Å². The molecule has 1 aromatic rings. The van der Waals surface area contributed by atoms with E-state index >= 15 is 0 Å². The van der Waals surface area contributed by atoms with Crippen molar-refractivity contribution in [2.45, 2.75) is 26.2 Å². The van der Waals surface area contributed by atoms with Crippen molar-refractivity contribution >= 4 is 5.91 Å². The molecular weight excluding hydrogens is 262 g/mol. The Kier molecular flexibility index (Phi) is 4.03. The van der Waals surface area contributed by atoms with E-state index in [2.05, 4.69) is 11.4 Å². The molecule has 2 rings (SSSR count). The fourth-order valence-corrected chi connectivity index (χ4v) is 2.70. The van der Waals surface area contributed by atoms with Gasteiger partial charge in [-0.1, -0.05) is 6.92 Å². The highest BCUT2D eigenvalue weighted by Crippen LogP contribution is 2.44. The lowest BCUT2D eigenvalue weighted by Gasteiger charge is -2.39. The molecule has 1 fully saturated rings. The first-order valence-electron chi connectivity index (χ1n) is 6.60. The summed E-state index contributed by atoms with van der Waals surface area (Å²) in [5.74, 6) is -1.16.